The number of halogens is 4. The Labute approximate surface area is 80.3 Å². The number of rotatable bonds is 1. The predicted octanol–water partition coefficient (Wildman–Crippen LogP) is 0.546. The highest BCUT2D eigenvalue weighted by Crippen LogP contribution is 2.18. The Balaban J connectivity index is 3.41. The van der Waals surface area contributed by atoms with Crippen LogP contribution in [0.15, 0.2) is 10.5 Å². The first-order valence-corrected chi connectivity index (χ1v) is 3.93. The van der Waals surface area contributed by atoms with Gasteiger partial charge in [0.25, 0.3) is 0 Å². The maximum absolute atomic E-state index is 12.7. The van der Waals surface area contributed by atoms with Crippen LogP contribution in [-0.2, 0) is 0 Å². The van der Waals surface area contributed by atoms with Crippen molar-refractivity contribution in [2.75, 3.05) is 0 Å². The summed E-state index contributed by atoms with van der Waals surface area (Å²) in [5.41, 5.74) is -0.717. The molecule has 13 heavy (non-hydrogen) atoms. The summed E-state index contributed by atoms with van der Waals surface area (Å²) >= 11 is 2.60. The van der Waals surface area contributed by atoms with Gasteiger partial charge in [-0.05, 0) is 22.0 Å². The molecule has 1 rings (SSSR count). The van der Waals surface area contributed by atoms with Crippen LogP contribution in [0, 0.1) is 17.5 Å². The summed E-state index contributed by atoms with van der Waals surface area (Å²) in [5.74, 6) is -4.74. The van der Waals surface area contributed by atoms with Gasteiger partial charge in [0.05, 0.1) is 4.47 Å². The number of hydrogen-bond donors (Lipinski definition) is 2. The molecule has 0 saturated carbocycles. The summed E-state index contributed by atoms with van der Waals surface area (Å²) in [5, 5.41) is 17.1. The second kappa shape index (κ2) is 3.69. The molecular formula is C6H3BBrF3O2. The van der Waals surface area contributed by atoms with E-state index in [2.05, 4.69) is 15.9 Å². The Morgan fingerprint density at radius 1 is 1.08 bits per heavy atom. The first-order valence-electron chi connectivity index (χ1n) is 3.14. The Kier molecular flexibility index (Phi) is 3.00. The number of hydrogen-bond acceptors (Lipinski definition) is 2. The van der Waals surface area contributed by atoms with Crippen LogP contribution in [0.25, 0.3) is 0 Å². The van der Waals surface area contributed by atoms with Crippen molar-refractivity contribution in [2.24, 2.45) is 0 Å². The molecule has 0 fully saturated rings. The van der Waals surface area contributed by atoms with Gasteiger partial charge in [-0.15, -0.1) is 0 Å². The van der Waals surface area contributed by atoms with Crippen molar-refractivity contribution in [2.45, 2.75) is 0 Å². The minimum absolute atomic E-state index is 0.366. The summed E-state index contributed by atoms with van der Waals surface area (Å²) in [6, 6.07) is 0.762. The molecule has 0 atom stereocenters. The summed E-state index contributed by atoms with van der Waals surface area (Å²) in [6.45, 7) is 0. The molecule has 2 N–H and O–H groups in total. The Morgan fingerprint density at radius 3 is 2.08 bits per heavy atom. The van der Waals surface area contributed by atoms with E-state index >= 15 is 0 Å². The second-order valence-corrected chi connectivity index (χ2v) is 3.12. The van der Waals surface area contributed by atoms with Gasteiger partial charge in [0.1, 0.15) is 0 Å². The molecule has 0 radical (unpaired) electrons. The molecule has 0 heterocycles. The fourth-order valence-corrected chi connectivity index (χ4v) is 1.20. The molecule has 0 spiro atoms. The van der Waals surface area contributed by atoms with E-state index in [1.54, 1.807) is 0 Å². The molecule has 0 unspecified atom stereocenters. The third-order valence-electron chi connectivity index (χ3n) is 1.41. The molecule has 0 amide bonds. The van der Waals surface area contributed by atoms with Crippen LogP contribution >= 0.6 is 15.9 Å². The van der Waals surface area contributed by atoms with Gasteiger partial charge in [-0.2, -0.15) is 0 Å². The zero-order valence-corrected chi connectivity index (χ0v) is 7.65. The van der Waals surface area contributed by atoms with E-state index in [1.807, 2.05) is 0 Å². The van der Waals surface area contributed by atoms with E-state index in [-0.39, 0.29) is 4.47 Å². The van der Waals surface area contributed by atoms with Gasteiger partial charge in [-0.25, -0.2) is 13.2 Å². The van der Waals surface area contributed by atoms with Crippen molar-refractivity contribution in [1.82, 2.24) is 0 Å². The van der Waals surface area contributed by atoms with E-state index in [1.165, 1.54) is 0 Å². The molecule has 1 aromatic carbocycles. The van der Waals surface area contributed by atoms with E-state index < -0.39 is 30.0 Å². The van der Waals surface area contributed by atoms with Crippen LogP contribution in [0.4, 0.5) is 13.2 Å². The Morgan fingerprint density at radius 2 is 1.62 bits per heavy atom. The lowest BCUT2D eigenvalue weighted by atomic mass is 9.80. The van der Waals surface area contributed by atoms with Crippen LogP contribution in [0.1, 0.15) is 0 Å². The van der Waals surface area contributed by atoms with Crippen LogP contribution < -0.4 is 5.46 Å². The first kappa shape index (κ1) is 10.6. The molecule has 7 heteroatoms. The highest BCUT2D eigenvalue weighted by molar-refractivity contribution is 9.10. The molecular weight excluding hydrogens is 252 g/mol. The van der Waals surface area contributed by atoms with E-state index in [9.17, 15) is 13.2 Å². The summed E-state index contributed by atoms with van der Waals surface area (Å²) in [7, 11) is -2.17. The molecule has 0 aliphatic heterocycles. The minimum Gasteiger partial charge on any atom is -0.423 e. The van der Waals surface area contributed by atoms with Crippen molar-refractivity contribution in [3.05, 3.63) is 28.0 Å². The van der Waals surface area contributed by atoms with Crippen molar-refractivity contribution in [3.8, 4) is 0 Å². The van der Waals surface area contributed by atoms with Gasteiger partial charge in [0.2, 0.25) is 0 Å². The van der Waals surface area contributed by atoms with Crippen molar-refractivity contribution < 1.29 is 23.2 Å². The maximum Gasteiger partial charge on any atom is 0.491 e. The van der Waals surface area contributed by atoms with Gasteiger partial charge < -0.3 is 10.0 Å². The van der Waals surface area contributed by atoms with Gasteiger partial charge in [-0.3, -0.25) is 0 Å². The summed E-state index contributed by atoms with van der Waals surface area (Å²) in [4.78, 5) is 0. The highest BCUT2D eigenvalue weighted by Gasteiger charge is 2.24. The third kappa shape index (κ3) is 1.87. The number of benzene rings is 1. The van der Waals surface area contributed by atoms with E-state index in [4.69, 9.17) is 10.0 Å². The SMILES string of the molecule is OB(O)c1cc(Br)c(F)c(F)c1F. The fraction of sp³-hybridized carbons (Fsp3) is 0. The van der Waals surface area contributed by atoms with Crippen molar-refractivity contribution in [1.29, 1.82) is 0 Å². The topological polar surface area (TPSA) is 40.5 Å². The normalized spacial score (nSPS) is 10.3. The minimum atomic E-state index is -2.17. The molecule has 0 saturated heterocycles. The monoisotopic (exact) mass is 254 g/mol. The lowest BCUT2D eigenvalue weighted by molar-refractivity contribution is 0.414. The van der Waals surface area contributed by atoms with Crippen LogP contribution in [-0.4, -0.2) is 17.2 Å². The second-order valence-electron chi connectivity index (χ2n) is 2.26. The molecule has 0 aliphatic carbocycles. The average Bonchev–Trinajstić information content (AvgIpc) is 2.07. The smallest absolute Gasteiger partial charge is 0.423 e. The fourth-order valence-electron chi connectivity index (χ4n) is 0.779. The van der Waals surface area contributed by atoms with Crippen molar-refractivity contribution in [3.63, 3.8) is 0 Å². The Bertz CT molecular complexity index is 345. The average molecular weight is 255 g/mol. The van der Waals surface area contributed by atoms with Crippen LogP contribution in [0.2, 0.25) is 0 Å². The van der Waals surface area contributed by atoms with E-state index in [0.29, 0.717) is 0 Å². The lowest BCUT2D eigenvalue weighted by Gasteiger charge is -2.04. The molecule has 2 nitrogen and oxygen atoms in total. The summed E-state index contributed by atoms with van der Waals surface area (Å²) in [6.07, 6.45) is 0. The quantitative estimate of drug-likeness (QED) is 0.437. The molecule has 0 bridgehead atoms. The zero-order valence-electron chi connectivity index (χ0n) is 6.06. The lowest BCUT2D eigenvalue weighted by Crippen LogP contribution is -2.34. The van der Waals surface area contributed by atoms with Crippen molar-refractivity contribution >= 4 is 28.5 Å². The largest absolute Gasteiger partial charge is 0.491 e. The van der Waals surface area contributed by atoms with Gasteiger partial charge in [0, 0.05) is 5.46 Å². The molecule has 70 valence electrons. The van der Waals surface area contributed by atoms with Crippen LogP contribution in [0.5, 0.6) is 0 Å². The van der Waals surface area contributed by atoms with Gasteiger partial charge >= 0.3 is 7.12 Å². The highest BCUT2D eigenvalue weighted by atomic mass is 79.9. The Hall–Kier alpha value is -0.525. The van der Waals surface area contributed by atoms with Crippen LogP contribution in [0.3, 0.4) is 0 Å². The van der Waals surface area contributed by atoms with Gasteiger partial charge in [-0.1, -0.05) is 0 Å². The standard InChI is InChI=1S/C6H3BBrF3O2/c8-3-1-2(7(12)13)4(9)6(11)5(3)10/h1,12-13H. The summed E-state index contributed by atoms with van der Waals surface area (Å²) < 4.78 is 37.6. The predicted molar refractivity (Wildman–Crippen MR) is 43.8 cm³/mol. The third-order valence-corrected chi connectivity index (χ3v) is 1.99. The molecule has 0 aliphatic rings. The molecule has 1 aromatic rings. The molecule has 0 aromatic heterocycles. The zero-order chi connectivity index (χ0) is 10.2. The first-order chi connectivity index (χ1) is 5.95. The van der Waals surface area contributed by atoms with Gasteiger partial charge in [0.15, 0.2) is 17.5 Å². The van der Waals surface area contributed by atoms with E-state index in [0.717, 1.165) is 6.07 Å². The maximum atomic E-state index is 12.7.